The third-order valence-electron chi connectivity index (χ3n) is 4.69. The summed E-state index contributed by atoms with van der Waals surface area (Å²) >= 11 is 7.94. The Labute approximate surface area is 158 Å². The van der Waals surface area contributed by atoms with Crippen LogP contribution in [0.1, 0.15) is 35.2 Å². The van der Waals surface area contributed by atoms with Crippen molar-refractivity contribution in [2.24, 2.45) is 4.99 Å². The minimum absolute atomic E-state index is 0.202. The number of aliphatic imine (C=N–C) groups is 1. The van der Waals surface area contributed by atoms with Crippen molar-refractivity contribution in [3.8, 4) is 0 Å². The fraction of sp³-hybridized carbons (Fsp3) is 0.474. The van der Waals surface area contributed by atoms with Gasteiger partial charge in [0.15, 0.2) is 5.96 Å². The first-order valence-electron chi connectivity index (χ1n) is 8.79. The van der Waals surface area contributed by atoms with E-state index in [-0.39, 0.29) is 5.41 Å². The van der Waals surface area contributed by atoms with E-state index in [2.05, 4.69) is 39.7 Å². The van der Waals surface area contributed by atoms with E-state index in [4.69, 9.17) is 11.6 Å². The number of guanidine groups is 1. The van der Waals surface area contributed by atoms with Crippen molar-refractivity contribution < 1.29 is 0 Å². The number of hydrogen-bond acceptors (Lipinski definition) is 3. The smallest absolute Gasteiger partial charge is 0.191 e. The maximum absolute atomic E-state index is 6.15. The van der Waals surface area contributed by atoms with Gasteiger partial charge in [-0.15, -0.1) is 11.3 Å². The van der Waals surface area contributed by atoms with Crippen molar-refractivity contribution >= 4 is 28.9 Å². The Hall–Kier alpha value is -1.59. The highest BCUT2D eigenvalue weighted by Gasteiger charge is 2.44. The summed E-state index contributed by atoms with van der Waals surface area (Å²) in [6.45, 7) is 3.87. The lowest BCUT2D eigenvalue weighted by molar-refractivity contribution is 0.645. The number of nitrogens with zero attached hydrogens (tertiary/aromatic N) is 2. The Morgan fingerprint density at radius 1 is 1.36 bits per heavy atom. The quantitative estimate of drug-likeness (QED) is 0.570. The summed E-state index contributed by atoms with van der Waals surface area (Å²) in [4.78, 5) is 10.1. The first-order valence-corrected chi connectivity index (χ1v) is 9.99. The molecule has 0 atom stereocenters. The molecule has 0 radical (unpaired) electrons. The van der Waals surface area contributed by atoms with E-state index in [1.807, 2.05) is 25.4 Å². The molecule has 1 aromatic carbocycles. The van der Waals surface area contributed by atoms with Gasteiger partial charge in [-0.3, -0.25) is 4.99 Å². The number of thiazole rings is 1. The second kappa shape index (κ2) is 8.19. The predicted molar refractivity (Wildman–Crippen MR) is 107 cm³/mol. The van der Waals surface area contributed by atoms with Gasteiger partial charge in [0.25, 0.3) is 0 Å². The number of aryl methyl sites for hydroxylation is 1. The van der Waals surface area contributed by atoms with Crippen LogP contribution in [0.2, 0.25) is 5.02 Å². The Morgan fingerprint density at radius 3 is 2.84 bits per heavy atom. The van der Waals surface area contributed by atoms with Crippen molar-refractivity contribution in [1.82, 2.24) is 15.6 Å². The number of nitrogens with one attached hydrogen (secondary N) is 2. The van der Waals surface area contributed by atoms with Crippen molar-refractivity contribution in [2.45, 2.75) is 38.0 Å². The van der Waals surface area contributed by atoms with Gasteiger partial charge in [0.2, 0.25) is 0 Å². The summed E-state index contributed by atoms with van der Waals surface area (Å²) in [7, 11) is 1.81. The van der Waals surface area contributed by atoms with Crippen LogP contribution in [0.3, 0.4) is 0 Å². The Bertz CT molecular complexity index is 737. The lowest BCUT2D eigenvalue weighted by Crippen LogP contribution is -2.41. The molecule has 1 heterocycles. The maximum Gasteiger partial charge on any atom is 0.191 e. The number of hydrogen-bond donors (Lipinski definition) is 2. The van der Waals surface area contributed by atoms with E-state index in [0.29, 0.717) is 0 Å². The molecule has 4 nitrogen and oxygen atoms in total. The number of aromatic nitrogens is 1. The van der Waals surface area contributed by atoms with E-state index in [1.165, 1.54) is 28.3 Å². The number of halogens is 1. The lowest BCUT2D eigenvalue weighted by atomic mass is 9.96. The predicted octanol–water partition coefficient (Wildman–Crippen LogP) is 3.80. The Kier molecular flexibility index (Phi) is 5.97. The summed E-state index contributed by atoms with van der Waals surface area (Å²) in [6.07, 6.45) is 6.34. The van der Waals surface area contributed by atoms with Crippen LogP contribution in [0.15, 0.2) is 35.5 Å². The SMILES string of the molecule is CCc1cnc(CCNC(=NC)NCC2(c3cccc(Cl)c3)CC2)s1. The summed E-state index contributed by atoms with van der Waals surface area (Å²) in [5.74, 6) is 0.848. The van der Waals surface area contributed by atoms with Gasteiger partial charge < -0.3 is 10.6 Å². The minimum Gasteiger partial charge on any atom is -0.356 e. The zero-order valence-electron chi connectivity index (χ0n) is 14.8. The van der Waals surface area contributed by atoms with Gasteiger partial charge in [-0.05, 0) is 37.0 Å². The molecule has 2 N–H and O–H groups in total. The summed E-state index contributed by atoms with van der Waals surface area (Å²) in [5, 5.41) is 8.84. The van der Waals surface area contributed by atoms with Crippen LogP contribution < -0.4 is 10.6 Å². The Balaban J connectivity index is 1.48. The molecule has 1 aromatic heterocycles. The maximum atomic E-state index is 6.15. The van der Waals surface area contributed by atoms with Crippen molar-refractivity contribution in [3.63, 3.8) is 0 Å². The van der Waals surface area contributed by atoms with Gasteiger partial charge >= 0.3 is 0 Å². The average Bonchev–Trinajstić information content (AvgIpc) is 3.28. The largest absolute Gasteiger partial charge is 0.356 e. The van der Waals surface area contributed by atoms with Crippen LogP contribution in [0.5, 0.6) is 0 Å². The molecule has 1 aliphatic carbocycles. The van der Waals surface area contributed by atoms with Crippen LogP contribution in [0, 0.1) is 0 Å². The molecule has 2 aromatic rings. The van der Waals surface area contributed by atoms with E-state index < -0.39 is 0 Å². The fourth-order valence-corrected chi connectivity index (χ4v) is 3.98. The minimum atomic E-state index is 0.202. The van der Waals surface area contributed by atoms with Gasteiger partial charge in [-0.1, -0.05) is 30.7 Å². The molecule has 3 rings (SSSR count). The highest BCUT2D eigenvalue weighted by molar-refractivity contribution is 7.11. The second-order valence-corrected chi connectivity index (χ2v) is 8.10. The molecule has 0 amide bonds. The molecule has 0 bridgehead atoms. The topological polar surface area (TPSA) is 49.3 Å². The zero-order valence-corrected chi connectivity index (χ0v) is 16.4. The van der Waals surface area contributed by atoms with Gasteiger partial charge in [-0.25, -0.2) is 4.98 Å². The molecule has 6 heteroatoms. The molecule has 1 fully saturated rings. The summed E-state index contributed by atoms with van der Waals surface area (Å²) in [5.41, 5.74) is 1.52. The second-order valence-electron chi connectivity index (χ2n) is 6.47. The highest BCUT2D eigenvalue weighted by atomic mass is 35.5. The van der Waals surface area contributed by atoms with E-state index >= 15 is 0 Å². The fourth-order valence-electron chi connectivity index (χ4n) is 2.93. The Morgan fingerprint density at radius 2 is 2.20 bits per heavy atom. The van der Waals surface area contributed by atoms with Crippen LogP contribution in [-0.2, 0) is 18.3 Å². The average molecular weight is 377 g/mol. The van der Waals surface area contributed by atoms with Crippen LogP contribution in [0.25, 0.3) is 0 Å². The van der Waals surface area contributed by atoms with Crippen LogP contribution in [0.4, 0.5) is 0 Å². The first-order chi connectivity index (χ1) is 12.1. The number of rotatable bonds is 7. The molecule has 0 aliphatic heterocycles. The highest BCUT2D eigenvalue weighted by Crippen LogP contribution is 2.48. The molecule has 1 aliphatic rings. The molecular formula is C19H25ClN4S. The zero-order chi connectivity index (χ0) is 17.7. The third-order valence-corrected chi connectivity index (χ3v) is 6.13. The molecule has 0 saturated heterocycles. The molecule has 25 heavy (non-hydrogen) atoms. The molecule has 134 valence electrons. The molecular weight excluding hydrogens is 352 g/mol. The molecule has 0 spiro atoms. The van der Waals surface area contributed by atoms with Crippen molar-refractivity contribution in [1.29, 1.82) is 0 Å². The third kappa shape index (κ3) is 4.73. The van der Waals surface area contributed by atoms with Gasteiger partial charge in [0.1, 0.15) is 0 Å². The van der Waals surface area contributed by atoms with E-state index in [9.17, 15) is 0 Å². The van der Waals surface area contributed by atoms with Crippen molar-refractivity contribution in [3.05, 3.63) is 50.9 Å². The van der Waals surface area contributed by atoms with Gasteiger partial charge in [-0.2, -0.15) is 0 Å². The molecule has 1 saturated carbocycles. The van der Waals surface area contributed by atoms with E-state index in [0.717, 1.165) is 36.9 Å². The van der Waals surface area contributed by atoms with Gasteiger partial charge in [0.05, 0.1) is 5.01 Å². The first kappa shape index (κ1) is 18.2. The van der Waals surface area contributed by atoms with Crippen LogP contribution in [-0.4, -0.2) is 31.1 Å². The standard InChI is InChI=1S/C19H25ClN4S/c1-3-16-12-23-17(25-16)7-10-22-18(21-2)24-13-19(8-9-19)14-5-4-6-15(20)11-14/h4-6,11-12H,3,7-10,13H2,1-2H3,(H2,21,22,24). The summed E-state index contributed by atoms with van der Waals surface area (Å²) < 4.78 is 0. The van der Waals surface area contributed by atoms with Crippen LogP contribution >= 0.6 is 22.9 Å². The molecule has 0 unspecified atom stereocenters. The lowest BCUT2D eigenvalue weighted by Gasteiger charge is -2.19. The monoisotopic (exact) mass is 376 g/mol. The van der Waals surface area contributed by atoms with E-state index in [1.54, 1.807) is 11.3 Å². The summed E-state index contributed by atoms with van der Waals surface area (Å²) in [6, 6.07) is 8.21. The van der Waals surface area contributed by atoms with Gasteiger partial charge in [0, 0.05) is 48.1 Å². The normalized spacial score (nSPS) is 15.9. The number of benzene rings is 1. The van der Waals surface area contributed by atoms with Crippen molar-refractivity contribution in [2.75, 3.05) is 20.1 Å².